The first kappa shape index (κ1) is 20.4. The minimum absolute atomic E-state index is 0.289. The van der Waals surface area contributed by atoms with E-state index in [0.29, 0.717) is 25.6 Å². The Bertz CT molecular complexity index is 925. The maximum absolute atomic E-state index is 12.3. The van der Waals surface area contributed by atoms with Gasteiger partial charge in [0.2, 0.25) is 5.95 Å². The van der Waals surface area contributed by atoms with Gasteiger partial charge in [-0.15, -0.1) is 0 Å². The fourth-order valence-corrected chi connectivity index (χ4v) is 3.01. The predicted octanol–water partition coefficient (Wildman–Crippen LogP) is 3.57. The number of methoxy groups -OCH3 is 2. The molecule has 0 saturated carbocycles. The number of amides is 2. The monoisotopic (exact) mass is 394 g/mol. The summed E-state index contributed by atoms with van der Waals surface area (Å²) in [6.07, 6.45) is 2.51. The van der Waals surface area contributed by atoms with Crippen molar-refractivity contribution in [2.45, 2.75) is 13.0 Å². The zero-order valence-electron chi connectivity index (χ0n) is 16.7. The molecular formula is C22H26N4O3. The number of benzene rings is 2. The van der Waals surface area contributed by atoms with E-state index in [0.717, 1.165) is 23.4 Å². The third kappa shape index (κ3) is 5.58. The van der Waals surface area contributed by atoms with E-state index in [4.69, 9.17) is 9.47 Å². The molecule has 0 radical (unpaired) electrons. The van der Waals surface area contributed by atoms with E-state index in [1.54, 1.807) is 20.4 Å². The fraction of sp³-hybridized carbons (Fsp3) is 0.273. The molecule has 0 aliphatic heterocycles. The lowest BCUT2D eigenvalue weighted by molar-refractivity contribution is 0.188. The first-order valence-electron chi connectivity index (χ1n) is 9.49. The SMILES string of the molecule is COCCn1c(-c2cccc(OC)c2)cnc1NC(=O)NCCc1ccccc1. The second kappa shape index (κ2) is 10.3. The molecule has 0 aliphatic carbocycles. The normalized spacial score (nSPS) is 10.6. The van der Waals surface area contributed by atoms with Crippen LogP contribution in [-0.4, -0.2) is 43.0 Å². The van der Waals surface area contributed by atoms with E-state index in [-0.39, 0.29) is 6.03 Å². The van der Waals surface area contributed by atoms with E-state index in [9.17, 15) is 4.79 Å². The molecule has 0 unspecified atom stereocenters. The Kier molecular flexibility index (Phi) is 7.24. The van der Waals surface area contributed by atoms with Crippen molar-refractivity contribution in [3.8, 4) is 17.0 Å². The number of imidazole rings is 1. The summed E-state index contributed by atoms with van der Waals surface area (Å²) >= 11 is 0. The number of carbonyl (C=O) groups is 1. The lowest BCUT2D eigenvalue weighted by Gasteiger charge is -2.13. The number of rotatable bonds is 9. The zero-order chi connectivity index (χ0) is 20.5. The Labute approximate surface area is 170 Å². The van der Waals surface area contributed by atoms with Gasteiger partial charge in [0, 0.05) is 25.8 Å². The minimum atomic E-state index is -0.289. The number of hydrogen-bond acceptors (Lipinski definition) is 4. The minimum Gasteiger partial charge on any atom is -0.497 e. The van der Waals surface area contributed by atoms with Crippen molar-refractivity contribution < 1.29 is 14.3 Å². The van der Waals surface area contributed by atoms with Gasteiger partial charge in [0.1, 0.15) is 5.75 Å². The summed E-state index contributed by atoms with van der Waals surface area (Å²) < 4.78 is 12.5. The quantitative estimate of drug-likeness (QED) is 0.582. The van der Waals surface area contributed by atoms with E-state index in [1.807, 2.05) is 59.2 Å². The van der Waals surface area contributed by atoms with Crippen LogP contribution in [0.3, 0.4) is 0 Å². The summed E-state index contributed by atoms with van der Waals surface area (Å²) in [4.78, 5) is 16.7. The Morgan fingerprint density at radius 1 is 1.10 bits per heavy atom. The van der Waals surface area contributed by atoms with Crippen LogP contribution in [-0.2, 0) is 17.7 Å². The molecule has 152 valence electrons. The molecule has 0 aliphatic rings. The number of anilines is 1. The van der Waals surface area contributed by atoms with Gasteiger partial charge in [-0.3, -0.25) is 5.32 Å². The maximum Gasteiger partial charge on any atom is 0.321 e. The summed E-state index contributed by atoms with van der Waals surface area (Å²) in [7, 11) is 3.28. The smallest absolute Gasteiger partial charge is 0.321 e. The van der Waals surface area contributed by atoms with Crippen molar-refractivity contribution in [2.24, 2.45) is 0 Å². The highest BCUT2D eigenvalue weighted by Gasteiger charge is 2.14. The molecule has 1 heterocycles. The molecule has 29 heavy (non-hydrogen) atoms. The van der Waals surface area contributed by atoms with E-state index in [1.165, 1.54) is 5.56 Å². The highest BCUT2D eigenvalue weighted by atomic mass is 16.5. The Hall–Kier alpha value is -3.32. The molecule has 2 aromatic carbocycles. The standard InChI is InChI=1S/C22H26N4O3/c1-28-14-13-26-20(18-9-6-10-19(15-18)29-2)16-24-21(26)25-22(27)23-12-11-17-7-4-3-5-8-17/h3-10,15-16H,11-14H2,1-2H3,(H2,23,24,25,27). The van der Waals surface area contributed by atoms with Crippen molar-refractivity contribution in [3.63, 3.8) is 0 Å². The second-order valence-electron chi connectivity index (χ2n) is 6.46. The Balaban J connectivity index is 1.69. The number of ether oxygens (including phenoxy) is 2. The van der Waals surface area contributed by atoms with Crippen LogP contribution in [0.2, 0.25) is 0 Å². The lowest BCUT2D eigenvalue weighted by Crippen LogP contribution is -2.31. The van der Waals surface area contributed by atoms with Crippen molar-refractivity contribution in [1.82, 2.24) is 14.9 Å². The van der Waals surface area contributed by atoms with Gasteiger partial charge in [-0.1, -0.05) is 42.5 Å². The molecule has 1 aromatic heterocycles. The van der Waals surface area contributed by atoms with E-state index < -0.39 is 0 Å². The molecule has 2 N–H and O–H groups in total. The van der Waals surface area contributed by atoms with Gasteiger partial charge in [0.25, 0.3) is 0 Å². The van der Waals surface area contributed by atoms with Gasteiger partial charge in [-0.05, 0) is 24.1 Å². The molecule has 3 aromatic rings. The topological polar surface area (TPSA) is 77.4 Å². The van der Waals surface area contributed by atoms with Crippen molar-refractivity contribution in [3.05, 3.63) is 66.4 Å². The van der Waals surface area contributed by atoms with Crippen LogP contribution >= 0.6 is 0 Å². The highest BCUT2D eigenvalue weighted by molar-refractivity contribution is 5.88. The van der Waals surface area contributed by atoms with Crippen molar-refractivity contribution in [1.29, 1.82) is 0 Å². The molecular weight excluding hydrogens is 368 g/mol. The molecule has 7 nitrogen and oxygen atoms in total. The summed E-state index contributed by atoms with van der Waals surface area (Å²) in [5, 5.41) is 5.72. The average molecular weight is 394 g/mol. The Morgan fingerprint density at radius 3 is 2.69 bits per heavy atom. The summed E-state index contributed by atoms with van der Waals surface area (Å²) in [6, 6.07) is 17.5. The van der Waals surface area contributed by atoms with E-state index in [2.05, 4.69) is 15.6 Å². The number of nitrogens with zero attached hydrogens (tertiary/aromatic N) is 2. The van der Waals surface area contributed by atoms with Crippen LogP contribution < -0.4 is 15.4 Å². The number of hydrogen-bond donors (Lipinski definition) is 2. The third-order valence-corrected chi connectivity index (χ3v) is 4.51. The van der Waals surface area contributed by atoms with Crippen LogP contribution in [0.1, 0.15) is 5.56 Å². The van der Waals surface area contributed by atoms with Crippen LogP contribution in [0.15, 0.2) is 60.8 Å². The van der Waals surface area contributed by atoms with Gasteiger partial charge in [-0.2, -0.15) is 0 Å². The van der Waals surface area contributed by atoms with Crippen LogP contribution in [0.25, 0.3) is 11.3 Å². The molecule has 0 fully saturated rings. The number of urea groups is 1. The molecule has 7 heteroatoms. The van der Waals surface area contributed by atoms with Gasteiger partial charge in [0.05, 0.1) is 25.6 Å². The largest absolute Gasteiger partial charge is 0.497 e. The molecule has 0 atom stereocenters. The second-order valence-corrected chi connectivity index (χ2v) is 6.46. The Morgan fingerprint density at radius 2 is 1.93 bits per heavy atom. The van der Waals surface area contributed by atoms with Crippen LogP contribution in [0.5, 0.6) is 5.75 Å². The van der Waals surface area contributed by atoms with E-state index >= 15 is 0 Å². The van der Waals surface area contributed by atoms with Crippen LogP contribution in [0, 0.1) is 0 Å². The number of carbonyl (C=O) groups excluding carboxylic acids is 1. The predicted molar refractivity (Wildman–Crippen MR) is 113 cm³/mol. The van der Waals surface area contributed by atoms with Crippen molar-refractivity contribution in [2.75, 3.05) is 32.7 Å². The molecule has 0 spiro atoms. The number of nitrogens with one attached hydrogen (secondary N) is 2. The maximum atomic E-state index is 12.3. The molecule has 2 amide bonds. The molecule has 0 saturated heterocycles. The van der Waals surface area contributed by atoms with Crippen molar-refractivity contribution >= 4 is 12.0 Å². The molecule has 3 rings (SSSR count). The molecule has 0 bridgehead atoms. The summed E-state index contributed by atoms with van der Waals surface area (Å²) in [6.45, 7) is 1.59. The van der Waals surface area contributed by atoms with Crippen LogP contribution in [0.4, 0.5) is 10.7 Å². The van der Waals surface area contributed by atoms with Gasteiger partial charge < -0.3 is 19.4 Å². The zero-order valence-corrected chi connectivity index (χ0v) is 16.7. The lowest BCUT2D eigenvalue weighted by atomic mass is 10.1. The average Bonchev–Trinajstić information content (AvgIpc) is 3.15. The summed E-state index contributed by atoms with van der Waals surface area (Å²) in [5.41, 5.74) is 3.00. The van der Waals surface area contributed by atoms with Gasteiger partial charge >= 0.3 is 6.03 Å². The highest BCUT2D eigenvalue weighted by Crippen LogP contribution is 2.26. The fourth-order valence-electron chi connectivity index (χ4n) is 3.01. The summed E-state index contributed by atoms with van der Waals surface area (Å²) in [5.74, 6) is 1.23. The number of aromatic nitrogens is 2. The first-order chi connectivity index (χ1) is 14.2. The van der Waals surface area contributed by atoms with Gasteiger partial charge in [0.15, 0.2) is 0 Å². The van der Waals surface area contributed by atoms with Gasteiger partial charge in [-0.25, -0.2) is 9.78 Å². The first-order valence-corrected chi connectivity index (χ1v) is 9.49. The third-order valence-electron chi connectivity index (χ3n) is 4.51.